The fourth-order valence-corrected chi connectivity index (χ4v) is 12.7. The molecule has 0 bridgehead atoms. The molecule has 1 nitrogen and oxygen atoms in total. The molecule has 0 aliphatic heterocycles. The maximum atomic E-state index is 13.0. The van der Waals surface area contributed by atoms with Gasteiger partial charge in [-0.1, -0.05) is 59.7 Å². The number of carbonyl (C=O) groups excluding carboxylic acids is 1. The first-order valence-electron chi connectivity index (χ1n) is 8.35. The van der Waals surface area contributed by atoms with E-state index in [1.165, 1.54) is 16.7 Å². The lowest BCUT2D eigenvalue weighted by Gasteiger charge is -2.47. The van der Waals surface area contributed by atoms with Gasteiger partial charge in [-0.3, -0.25) is 4.79 Å². The van der Waals surface area contributed by atoms with Crippen molar-refractivity contribution < 1.29 is 4.79 Å². The summed E-state index contributed by atoms with van der Waals surface area (Å²) in [5.74, 6) is 0.488. The lowest BCUT2D eigenvalue weighted by Crippen LogP contribution is -2.52. The lowest BCUT2D eigenvalue weighted by molar-refractivity contribution is -0.117. The predicted octanol–water partition coefficient (Wildman–Crippen LogP) is 5.42. The number of carbonyl (C=O) groups is 1. The van der Waals surface area contributed by atoms with Gasteiger partial charge in [0.1, 0.15) is 5.78 Å². The van der Waals surface area contributed by atoms with Crippen molar-refractivity contribution in [1.82, 2.24) is 0 Å². The predicted molar refractivity (Wildman–Crippen MR) is 93.7 cm³/mol. The molecule has 0 amide bonds. The third-order valence-corrected chi connectivity index (χ3v) is 13.6. The largest absolute Gasteiger partial charge is 0.299 e. The Morgan fingerprint density at radius 2 is 1.52 bits per heavy atom. The van der Waals surface area contributed by atoms with E-state index in [9.17, 15) is 4.79 Å². The van der Waals surface area contributed by atoms with Gasteiger partial charge in [-0.25, -0.2) is 0 Å². The van der Waals surface area contributed by atoms with Crippen LogP contribution in [0.5, 0.6) is 0 Å². The summed E-state index contributed by atoms with van der Waals surface area (Å²) in [5.41, 5.74) is 6.05. The smallest absolute Gasteiger partial charge is 0.142 e. The van der Waals surface area contributed by atoms with Crippen LogP contribution in [0.2, 0.25) is 16.6 Å². The van der Waals surface area contributed by atoms with Crippen LogP contribution in [0.3, 0.4) is 0 Å². The zero-order chi connectivity index (χ0) is 15.9. The summed E-state index contributed by atoms with van der Waals surface area (Å²) in [6.07, 6.45) is 0.660. The summed E-state index contributed by atoms with van der Waals surface area (Å²) in [5, 5.41) is 0. The molecule has 2 rings (SSSR count). The normalized spacial score (nSPS) is 19.0. The lowest BCUT2D eigenvalue weighted by atomic mass is 10.1. The number of rotatable bonds is 4. The second-order valence-corrected chi connectivity index (χ2v) is 13.7. The molecule has 0 saturated heterocycles. The van der Waals surface area contributed by atoms with Gasteiger partial charge < -0.3 is 0 Å². The Hall–Kier alpha value is -0.893. The molecule has 0 N–H and O–H groups in total. The van der Waals surface area contributed by atoms with Crippen LogP contribution in [0.25, 0.3) is 0 Å². The zero-order valence-corrected chi connectivity index (χ0v) is 15.7. The SMILES string of the molecule is Cc1cccc2c1CC(=O)C2[Si](C(C)C)(C(C)C)C(C)C. The Morgan fingerprint density at radius 3 is 2.00 bits per heavy atom. The highest BCUT2D eigenvalue weighted by atomic mass is 28.3. The third-order valence-electron chi connectivity index (χ3n) is 5.93. The average Bonchev–Trinajstić information content (AvgIpc) is 2.68. The van der Waals surface area contributed by atoms with Crippen molar-refractivity contribution in [3.63, 3.8) is 0 Å². The number of hydrogen-bond acceptors (Lipinski definition) is 1. The molecule has 2 heteroatoms. The first-order valence-corrected chi connectivity index (χ1v) is 10.7. The summed E-state index contributed by atoms with van der Waals surface area (Å²) in [6.45, 7) is 16.3. The highest BCUT2D eigenvalue weighted by Gasteiger charge is 2.54. The Balaban J connectivity index is 2.68. The monoisotopic (exact) mass is 302 g/mol. The van der Waals surface area contributed by atoms with Crippen LogP contribution in [0, 0.1) is 6.92 Å². The average molecular weight is 303 g/mol. The molecule has 0 radical (unpaired) electrons. The molecule has 116 valence electrons. The van der Waals surface area contributed by atoms with Crippen molar-refractivity contribution in [2.24, 2.45) is 0 Å². The van der Waals surface area contributed by atoms with Gasteiger partial charge in [-0.2, -0.15) is 0 Å². The molecule has 0 fully saturated rings. The summed E-state index contributed by atoms with van der Waals surface area (Å²) in [6, 6.07) is 6.52. The van der Waals surface area contributed by atoms with E-state index in [0.717, 1.165) is 0 Å². The zero-order valence-electron chi connectivity index (χ0n) is 14.7. The fourth-order valence-electron chi connectivity index (χ4n) is 5.23. The first kappa shape index (κ1) is 16.5. The van der Waals surface area contributed by atoms with Gasteiger partial charge in [-0.05, 0) is 40.2 Å². The Morgan fingerprint density at radius 1 is 1.00 bits per heavy atom. The van der Waals surface area contributed by atoms with E-state index >= 15 is 0 Å². The minimum absolute atomic E-state index is 0.201. The number of benzene rings is 1. The second-order valence-electron chi connectivity index (χ2n) is 7.68. The topological polar surface area (TPSA) is 17.1 Å². The van der Waals surface area contributed by atoms with Crippen molar-refractivity contribution in [2.75, 3.05) is 0 Å². The first-order chi connectivity index (χ1) is 9.74. The van der Waals surface area contributed by atoms with Crippen LogP contribution in [0.15, 0.2) is 18.2 Å². The summed E-state index contributed by atoms with van der Waals surface area (Å²) in [4.78, 5) is 13.0. The molecular formula is C19H30OSi. The van der Waals surface area contributed by atoms with Gasteiger partial charge >= 0.3 is 0 Å². The van der Waals surface area contributed by atoms with E-state index in [1.807, 2.05) is 0 Å². The maximum Gasteiger partial charge on any atom is 0.142 e. The Kier molecular flexibility index (Phi) is 4.48. The van der Waals surface area contributed by atoms with Crippen LogP contribution in [-0.4, -0.2) is 13.9 Å². The Labute approximate surface area is 131 Å². The van der Waals surface area contributed by atoms with Gasteiger partial charge in [0, 0.05) is 12.0 Å². The van der Waals surface area contributed by atoms with Crippen LogP contribution in [-0.2, 0) is 11.2 Å². The minimum atomic E-state index is -1.78. The van der Waals surface area contributed by atoms with E-state index in [0.29, 0.717) is 28.8 Å². The number of ketones is 1. The van der Waals surface area contributed by atoms with Gasteiger partial charge in [-0.15, -0.1) is 0 Å². The highest BCUT2D eigenvalue weighted by molar-refractivity contribution is 6.87. The van der Waals surface area contributed by atoms with Crippen molar-refractivity contribution in [1.29, 1.82) is 0 Å². The van der Waals surface area contributed by atoms with Crippen LogP contribution >= 0.6 is 0 Å². The van der Waals surface area contributed by atoms with Crippen molar-refractivity contribution in [3.05, 3.63) is 34.9 Å². The van der Waals surface area contributed by atoms with Crippen molar-refractivity contribution in [2.45, 2.75) is 77.1 Å². The van der Waals surface area contributed by atoms with Crippen LogP contribution in [0.1, 0.15) is 63.8 Å². The highest BCUT2D eigenvalue weighted by Crippen LogP contribution is 2.53. The molecule has 0 spiro atoms. The van der Waals surface area contributed by atoms with Gasteiger partial charge in [0.05, 0.1) is 8.07 Å². The number of fused-ring (bicyclic) bond motifs is 1. The molecular weight excluding hydrogens is 272 g/mol. The quantitative estimate of drug-likeness (QED) is 0.678. The van der Waals surface area contributed by atoms with E-state index in [2.05, 4.69) is 66.7 Å². The molecule has 1 aliphatic carbocycles. The van der Waals surface area contributed by atoms with Crippen molar-refractivity contribution in [3.8, 4) is 0 Å². The second kappa shape index (κ2) is 5.72. The summed E-state index contributed by atoms with van der Waals surface area (Å²) in [7, 11) is -1.78. The van der Waals surface area contributed by atoms with Gasteiger partial charge in [0.25, 0.3) is 0 Å². The number of aryl methyl sites for hydroxylation is 1. The Bertz CT molecular complexity index is 521. The molecule has 0 heterocycles. The molecule has 1 unspecified atom stereocenters. The molecule has 0 saturated carbocycles. The van der Waals surface area contributed by atoms with Crippen LogP contribution in [0.4, 0.5) is 0 Å². The van der Waals surface area contributed by atoms with Crippen LogP contribution < -0.4 is 0 Å². The number of hydrogen-bond donors (Lipinski definition) is 0. The van der Waals surface area contributed by atoms with Gasteiger partial charge in [0.15, 0.2) is 0 Å². The molecule has 1 aromatic rings. The van der Waals surface area contributed by atoms with E-state index in [1.54, 1.807) is 0 Å². The third kappa shape index (κ3) is 2.32. The standard InChI is InChI=1S/C19H30OSi/c1-12(2)21(13(3)4,14(5)6)19-16-10-8-9-15(7)17(16)11-18(19)20/h8-10,12-14,19H,11H2,1-7H3. The molecule has 21 heavy (non-hydrogen) atoms. The van der Waals surface area contributed by atoms with E-state index in [-0.39, 0.29) is 5.54 Å². The minimum Gasteiger partial charge on any atom is -0.299 e. The molecule has 0 aromatic heterocycles. The van der Waals surface area contributed by atoms with Gasteiger partial charge in [0.2, 0.25) is 0 Å². The number of Topliss-reactive ketones (excluding diaryl/α,β-unsaturated/α-hetero) is 1. The van der Waals surface area contributed by atoms with E-state index in [4.69, 9.17) is 0 Å². The molecule has 1 aliphatic rings. The summed E-state index contributed by atoms with van der Waals surface area (Å²) >= 11 is 0. The molecule has 1 aromatic carbocycles. The van der Waals surface area contributed by atoms with E-state index < -0.39 is 8.07 Å². The summed E-state index contributed by atoms with van der Waals surface area (Å²) < 4.78 is 0. The fraction of sp³-hybridized carbons (Fsp3) is 0.632. The molecule has 1 atom stereocenters. The maximum absolute atomic E-state index is 13.0. The van der Waals surface area contributed by atoms with Crippen molar-refractivity contribution >= 4 is 13.9 Å².